The number of nitrogens with zero attached hydrogens (tertiary/aromatic N) is 2. The number of carbonyl (C=O) groups is 4. The Morgan fingerprint density at radius 2 is 1.76 bits per heavy atom. The standard InChI is InChI=1S/C20H21N3O5S/c1-28-20(27)23(19(26)16-8-11-29-13-16)21-17(24)14-6-5-7-15(12-14)18(25)22-9-3-2-4-10-22/h5-8,11-13H,2-4,9-10H2,1H3,(H,21,24). The summed E-state index contributed by atoms with van der Waals surface area (Å²) in [6.45, 7) is 1.39. The van der Waals surface area contributed by atoms with Crippen molar-refractivity contribution in [3.8, 4) is 0 Å². The molecule has 8 nitrogen and oxygen atoms in total. The van der Waals surface area contributed by atoms with E-state index in [2.05, 4.69) is 10.2 Å². The van der Waals surface area contributed by atoms with Gasteiger partial charge in [0.25, 0.3) is 17.7 Å². The van der Waals surface area contributed by atoms with E-state index in [9.17, 15) is 19.2 Å². The summed E-state index contributed by atoms with van der Waals surface area (Å²) in [5.74, 6) is -1.56. The molecule has 1 aliphatic heterocycles. The van der Waals surface area contributed by atoms with Crippen LogP contribution in [0, 0.1) is 0 Å². The molecule has 152 valence electrons. The van der Waals surface area contributed by atoms with Gasteiger partial charge < -0.3 is 9.64 Å². The monoisotopic (exact) mass is 415 g/mol. The molecule has 0 spiro atoms. The largest absolute Gasteiger partial charge is 0.451 e. The van der Waals surface area contributed by atoms with Crippen molar-refractivity contribution < 1.29 is 23.9 Å². The summed E-state index contributed by atoms with van der Waals surface area (Å²) in [5.41, 5.74) is 3.05. The third-order valence-electron chi connectivity index (χ3n) is 4.56. The maximum Gasteiger partial charge on any atom is 0.436 e. The molecule has 0 saturated carbocycles. The first-order valence-electron chi connectivity index (χ1n) is 9.16. The molecule has 1 N–H and O–H groups in total. The van der Waals surface area contributed by atoms with Crippen LogP contribution in [0.15, 0.2) is 41.1 Å². The van der Waals surface area contributed by atoms with Crippen LogP contribution >= 0.6 is 11.3 Å². The molecule has 2 aromatic rings. The van der Waals surface area contributed by atoms with Crippen molar-refractivity contribution in [2.75, 3.05) is 20.2 Å². The summed E-state index contributed by atoms with van der Waals surface area (Å²) < 4.78 is 4.60. The number of piperidine rings is 1. The lowest BCUT2D eigenvalue weighted by atomic mass is 10.1. The average Bonchev–Trinajstić information content (AvgIpc) is 3.31. The minimum absolute atomic E-state index is 0.140. The molecule has 9 heteroatoms. The van der Waals surface area contributed by atoms with E-state index in [4.69, 9.17) is 0 Å². The predicted octanol–water partition coefficient (Wildman–Crippen LogP) is 2.93. The highest BCUT2D eigenvalue weighted by Crippen LogP contribution is 2.15. The van der Waals surface area contributed by atoms with Crippen LogP contribution in [0.25, 0.3) is 0 Å². The Bertz CT molecular complexity index is 907. The molecule has 4 amide bonds. The zero-order valence-electron chi connectivity index (χ0n) is 15.9. The molecule has 1 saturated heterocycles. The van der Waals surface area contributed by atoms with E-state index in [0.29, 0.717) is 23.7 Å². The van der Waals surface area contributed by atoms with Gasteiger partial charge >= 0.3 is 6.09 Å². The maximum atomic E-state index is 12.7. The quantitative estimate of drug-likeness (QED) is 0.778. The van der Waals surface area contributed by atoms with Gasteiger partial charge in [0.15, 0.2) is 0 Å². The molecule has 0 radical (unpaired) electrons. The van der Waals surface area contributed by atoms with Gasteiger partial charge in [0.05, 0.1) is 12.7 Å². The molecule has 0 atom stereocenters. The fourth-order valence-electron chi connectivity index (χ4n) is 3.03. The molecule has 1 fully saturated rings. The number of imide groups is 1. The molecule has 0 unspecified atom stereocenters. The highest BCUT2D eigenvalue weighted by atomic mass is 32.1. The summed E-state index contributed by atoms with van der Waals surface area (Å²) in [6.07, 6.45) is 2.01. The molecular formula is C20H21N3O5S. The Kier molecular flexibility index (Phi) is 6.61. The van der Waals surface area contributed by atoms with Crippen molar-refractivity contribution in [2.45, 2.75) is 19.3 Å². The summed E-state index contributed by atoms with van der Waals surface area (Å²) in [5, 5.41) is 3.76. The molecule has 0 bridgehead atoms. The van der Waals surface area contributed by atoms with Gasteiger partial charge in [-0.1, -0.05) is 6.07 Å². The smallest absolute Gasteiger partial charge is 0.436 e. The Morgan fingerprint density at radius 1 is 1.03 bits per heavy atom. The number of ether oxygens (including phenoxy) is 1. The third kappa shape index (κ3) is 4.80. The lowest BCUT2D eigenvalue weighted by Crippen LogP contribution is -2.49. The topological polar surface area (TPSA) is 96.0 Å². The fourth-order valence-corrected chi connectivity index (χ4v) is 3.65. The van der Waals surface area contributed by atoms with E-state index < -0.39 is 17.9 Å². The van der Waals surface area contributed by atoms with Crippen LogP contribution in [-0.4, -0.2) is 53.9 Å². The van der Waals surface area contributed by atoms with Crippen LogP contribution in [0.3, 0.4) is 0 Å². The number of nitrogens with one attached hydrogen (secondary N) is 1. The van der Waals surface area contributed by atoms with Crippen molar-refractivity contribution >= 4 is 35.2 Å². The van der Waals surface area contributed by atoms with E-state index in [-0.39, 0.29) is 17.0 Å². The predicted molar refractivity (Wildman–Crippen MR) is 107 cm³/mol. The van der Waals surface area contributed by atoms with E-state index in [1.165, 1.54) is 29.5 Å². The van der Waals surface area contributed by atoms with E-state index in [1.54, 1.807) is 27.8 Å². The van der Waals surface area contributed by atoms with Gasteiger partial charge in [-0.25, -0.2) is 4.79 Å². The number of hydrazine groups is 1. The first-order valence-corrected chi connectivity index (χ1v) is 10.1. The third-order valence-corrected chi connectivity index (χ3v) is 5.24. The van der Waals surface area contributed by atoms with Crippen LogP contribution in [0.4, 0.5) is 4.79 Å². The number of hydrogen-bond acceptors (Lipinski definition) is 6. The second kappa shape index (κ2) is 9.33. The SMILES string of the molecule is COC(=O)N(NC(=O)c1cccc(C(=O)N2CCCCC2)c1)C(=O)c1ccsc1. The van der Waals surface area contributed by atoms with E-state index in [1.807, 2.05) is 0 Å². The molecule has 2 heterocycles. The van der Waals surface area contributed by atoms with Gasteiger partial charge in [-0.05, 0) is 48.9 Å². The number of methoxy groups -OCH3 is 1. The van der Waals surface area contributed by atoms with E-state index in [0.717, 1.165) is 26.4 Å². The highest BCUT2D eigenvalue weighted by Gasteiger charge is 2.27. The van der Waals surface area contributed by atoms with Crippen molar-refractivity contribution in [3.63, 3.8) is 0 Å². The Morgan fingerprint density at radius 3 is 2.41 bits per heavy atom. The number of amides is 4. The summed E-state index contributed by atoms with van der Waals surface area (Å²) in [4.78, 5) is 51.6. The lowest BCUT2D eigenvalue weighted by molar-refractivity contribution is 0.0539. The summed E-state index contributed by atoms with van der Waals surface area (Å²) >= 11 is 1.28. The number of hydrogen-bond donors (Lipinski definition) is 1. The van der Waals surface area contributed by atoms with Gasteiger partial charge in [0.1, 0.15) is 0 Å². The Labute approximate surface area is 172 Å². The first kappa shape index (κ1) is 20.5. The van der Waals surface area contributed by atoms with Gasteiger partial charge in [-0.2, -0.15) is 11.3 Å². The van der Waals surface area contributed by atoms with Gasteiger partial charge in [0, 0.05) is 29.6 Å². The van der Waals surface area contributed by atoms with Crippen LogP contribution in [0.5, 0.6) is 0 Å². The number of rotatable bonds is 3. The lowest BCUT2D eigenvalue weighted by Gasteiger charge is -2.26. The average molecular weight is 415 g/mol. The minimum Gasteiger partial charge on any atom is -0.451 e. The summed E-state index contributed by atoms with van der Waals surface area (Å²) in [6, 6.07) is 7.73. The van der Waals surface area contributed by atoms with Crippen LogP contribution < -0.4 is 5.43 Å². The van der Waals surface area contributed by atoms with Gasteiger partial charge in [-0.15, -0.1) is 5.01 Å². The number of carbonyl (C=O) groups excluding carboxylic acids is 4. The van der Waals surface area contributed by atoms with E-state index >= 15 is 0 Å². The zero-order chi connectivity index (χ0) is 20.8. The van der Waals surface area contributed by atoms with Crippen molar-refractivity contribution in [1.29, 1.82) is 0 Å². The summed E-state index contributed by atoms with van der Waals surface area (Å²) in [7, 11) is 1.11. The fraction of sp³-hybridized carbons (Fsp3) is 0.300. The molecule has 0 aliphatic carbocycles. The number of thiophene rings is 1. The zero-order valence-corrected chi connectivity index (χ0v) is 16.7. The van der Waals surface area contributed by atoms with Gasteiger partial charge in [-0.3, -0.25) is 19.8 Å². The minimum atomic E-state index is -1.02. The van der Waals surface area contributed by atoms with Crippen molar-refractivity contribution in [3.05, 3.63) is 57.8 Å². The van der Waals surface area contributed by atoms with Gasteiger partial charge in [0.2, 0.25) is 0 Å². The molecule has 1 aromatic heterocycles. The second-order valence-corrected chi connectivity index (χ2v) is 7.28. The maximum absolute atomic E-state index is 12.7. The van der Waals surface area contributed by atoms with Crippen LogP contribution in [0.2, 0.25) is 0 Å². The molecule has 1 aromatic carbocycles. The molecule has 3 rings (SSSR count). The Balaban J connectivity index is 1.77. The van der Waals surface area contributed by atoms with Crippen molar-refractivity contribution in [1.82, 2.24) is 15.3 Å². The molecule has 1 aliphatic rings. The second-order valence-electron chi connectivity index (χ2n) is 6.50. The van der Waals surface area contributed by atoms with Crippen LogP contribution in [-0.2, 0) is 4.74 Å². The Hall–Kier alpha value is -3.20. The number of likely N-dealkylation sites (tertiary alicyclic amines) is 1. The highest BCUT2D eigenvalue weighted by molar-refractivity contribution is 7.08. The first-order chi connectivity index (χ1) is 14.0. The normalized spacial score (nSPS) is 13.5. The molecular weight excluding hydrogens is 394 g/mol. The van der Waals surface area contributed by atoms with Crippen molar-refractivity contribution in [2.24, 2.45) is 0 Å². The molecule has 29 heavy (non-hydrogen) atoms. The number of benzene rings is 1. The van der Waals surface area contributed by atoms with Crippen LogP contribution in [0.1, 0.15) is 50.3 Å².